The first-order chi connectivity index (χ1) is 9.81. The second-order valence-electron chi connectivity index (χ2n) is 5.04. The van der Waals surface area contributed by atoms with Crippen molar-refractivity contribution < 1.29 is 0 Å². The van der Waals surface area contributed by atoms with Crippen LogP contribution in [0.3, 0.4) is 0 Å². The molecule has 2 aromatic rings. The lowest BCUT2D eigenvalue weighted by atomic mass is 10.1. The van der Waals surface area contributed by atoms with E-state index in [1.54, 1.807) is 0 Å². The van der Waals surface area contributed by atoms with Crippen LogP contribution in [0.25, 0.3) is 0 Å². The molecule has 1 atom stereocenters. The van der Waals surface area contributed by atoms with Gasteiger partial charge in [-0.1, -0.05) is 43.3 Å². The summed E-state index contributed by atoms with van der Waals surface area (Å²) >= 11 is 1.85. The Labute approximate surface area is 126 Å². The van der Waals surface area contributed by atoms with E-state index in [1.807, 2.05) is 11.3 Å². The Morgan fingerprint density at radius 3 is 2.60 bits per heavy atom. The molecule has 1 heterocycles. The fourth-order valence-electron chi connectivity index (χ4n) is 2.38. The van der Waals surface area contributed by atoms with Crippen LogP contribution in [0.4, 0.5) is 0 Å². The number of rotatable bonds is 8. The van der Waals surface area contributed by atoms with Crippen LogP contribution in [-0.2, 0) is 6.42 Å². The number of hydrogen-bond acceptors (Lipinski definition) is 3. The zero-order valence-corrected chi connectivity index (χ0v) is 13.2. The molecule has 0 aliphatic heterocycles. The minimum absolute atomic E-state index is 0.441. The van der Waals surface area contributed by atoms with Gasteiger partial charge in [0.1, 0.15) is 0 Å². The van der Waals surface area contributed by atoms with Gasteiger partial charge in [-0.05, 0) is 37.0 Å². The van der Waals surface area contributed by atoms with Crippen LogP contribution in [0.1, 0.15) is 23.4 Å². The molecule has 1 unspecified atom stereocenters. The molecule has 1 aromatic heterocycles. The molecule has 0 spiro atoms. The minimum Gasteiger partial charge on any atom is -0.315 e. The highest BCUT2D eigenvalue weighted by atomic mass is 32.1. The summed E-state index contributed by atoms with van der Waals surface area (Å²) in [4.78, 5) is 3.92. The Bertz CT molecular complexity index is 467. The topological polar surface area (TPSA) is 15.3 Å². The van der Waals surface area contributed by atoms with Crippen LogP contribution in [0.2, 0.25) is 0 Å². The number of nitrogens with one attached hydrogen (secondary N) is 1. The van der Waals surface area contributed by atoms with Crippen molar-refractivity contribution in [2.75, 3.05) is 26.7 Å². The molecule has 1 N–H and O–H groups in total. The van der Waals surface area contributed by atoms with Crippen molar-refractivity contribution in [1.29, 1.82) is 0 Å². The smallest absolute Gasteiger partial charge is 0.0469 e. The Balaban J connectivity index is 1.98. The summed E-state index contributed by atoms with van der Waals surface area (Å²) in [6, 6.07) is 15.6. The van der Waals surface area contributed by atoms with Crippen molar-refractivity contribution in [3.63, 3.8) is 0 Å². The third-order valence-corrected chi connectivity index (χ3v) is 4.53. The molecule has 3 heteroatoms. The van der Waals surface area contributed by atoms with Gasteiger partial charge in [0, 0.05) is 24.0 Å². The van der Waals surface area contributed by atoms with E-state index in [1.165, 1.54) is 10.4 Å². The predicted octanol–water partition coefficient (Wildman–Crippen LogP) is 3.57. The van der Waals surface area contributed by atoms with E-state index < -0.39 is 0 Å². The van der Waals surface area contributed by atoms with Crippen LogP contribution in [0, 0.1) is 0 Å². The summed E-state index contributed by atoms with van der Waals surface area (Å²) in [5.41, 5.74) is 1.39. The highest BCUT2D eigenvalue weighted by Crippen LogP contribution is 2.19. The molecule has 0 amide bonds. The van der Waals surface area contributed by atoms with Crippen molar-refractivity contribution in [3.05, 3.63) is 58.3 Å². The molecule has 2 rings (SSSR count). The molecule has 0 aliphatic carbocycles. The fourth-order valence-corrected chi connectivity index (χ4v) is 3.08. The third kappa shape index (κ3) is 4.44. The molecule has 0 aliphatic rings. The number of likely N-dealkylation sites (N-methyl/N-ethyl adjacent to an activating group) is 2. The maximum absolute atomic E-state index is 3.48. The van der Waals surface area contributed by atoms with Crippen molar-refractivity contribution in [3.8, 4) is 0 Å². The largest absolute Gasteiger partial charge is 0.315 e. The van der Waals surface area contributed by atoms with Crippen molar-refractivity contribution in [2.24, 2.45) is 0 Å². The standard InChI is InChI=1S/C17H24N2S/c1-3-18-14-17(15-8-5-4-6-9-15)19(2)12-11-16-10-7-13-20-16/h4-10,13,17-18H,3,11-12,14H2,1-2H3. The SMILES string of the molecule is CCNCC(c1ccccc1)N(C)CCc1cccs1. The lowest BCUT2D eigenvalue weighted by Gasteiger charge is -2.28. The van der Waals surface area contributed by atoms with Gasteiger partial charge in [-0.25, -0.2) is 0 Å². The van der Waals surface area contributed by atoms with E-state index in [4.69, 9.17) is 0 Å². The molecular weight excluding hydrogens is 264 g/mol. The lowest BCUT2D eigenvalue weighted by Crippen LogP contribution is -2.34. The molecule has 108 valence electrons. The third-order valence-electron chi connectivity index (χ3n) is 3.60. The molecular formula is C17H24N2S. The fraction of sp³-hybridized carbons (Fsp3) is 0.412. The number of benzene rings is 1. The van der Waals surface area contributed by atoms with Gasteiger partial charge >= 0.3 is 0 Å². The monoisotopic (exact) mass is 288 g/mol. The van der Waals surface area contributed by atoms with Gasteiger partial charge < -0.3 is 5.32 Å². The van der Waals surface area contributed by atoms with Crippen molar-refractivity contribution in [2.45, 2.75) is 19.4 Å². The zero-order chi connectivity index (χ0) is 14.2. The van der Waals surface area contributed by atoms with Crippen LogP contribution in [0.15, 0.2) is 47.8 Å². The summed E-state index contributed by atoms with van der Waals surface area (Å²) in [5, 5.41) is 5.64. The number of nitrogens with zero attached hydrogens (tertiary/aromatic N) is 1. The number of hydrogen-bond donors (Lipinski definition) is 1. The van der Waals surface area contributed by atoms with Crippen LogP contribution >= 0.6 is 11.3 Å². The van der Waals surface area contributed by atoms with Gasteiger partial charge in [0.25, 0.3) is 0 Å². The Hall–Kier alpha value is -1.16. The Morgan fingerprint density at radius 1 is 1.15 bits per heavy atom. The second kappa shape index (κ2) is 8.20. The zero-order valence-electron chi connectivity index (χ0n) is 12.4. The normalized spacial score (nSPS) is 12.8. The van der Waals surface area contributed by atoms with Crippen LogP contribution < -0.4 is 5.32 Å². The van der Waals surface area contributed by atoms with E-state index in [0.29, 0.717) is 6.04 Å². The summed E-state index contributed by atoms with van der Waals surface area (Å²) in [7, 11) is 2.22. The molecule has 0 fully saturated rings. The van der Waals surface area contributed by atoms with Crippen molar-refractivity contribution >= 4 is 11.3 Å². The molecule has 0 saturated carbocycles. The maximum atomic E-state index is 3.48. The summed E-state index contributed by atoms with van der Waals surface area (Å²) < 4.78 is 0. The first-order valence-corrected chi connectivity index (χ1v) is 8.17. The van der Waals surface area contributed by atoms with E-state index in [9.17, 15) is 0 Å². The van der Waals surface area contributed by atoms with Crippen LogP contribution in [-0.4, -0.2) is 31.6 Å². The van der Waals surface area contributed by atoms with E-state index >= 15 is 0 Å². The first kappa shape index (κ1) is 15.2. The van der Waals surface area contributed by atoms with E-state index in [2.05, 4.69) is 72.0 Å². The highest BCUT2D eigenvalue weighted by molar-refractivity contribution is 7.09. The quantitative estimate of drug-likeness (QED) is 0.799. The predicted molar refractivity (Wildman–Crippen MR) is 88.4 cm³/mol. The molecule has 0 bridgehead atoms. The lowest BCUT2D eigenvalue weighted by molar-refractivity contribution is 0.242. The molecule has 0 saturated heterocycles. The summed E-state index contributed by atoms with van der Waals surface area (Å²) in [5.74, 6) is 0. The van der Waals surface area contributed by atoms with Gasteiger partial charge in [-0.3, -0.25) is 4.90 Å². The summed E-state index contributed by atoms with van der Waals surface area (Å²) in [6.07, 6.45) is 1.13. The maximum Gasteiger partial charge on any atom is 0.0469 e. The summed E-state index contributed by atoms with van der Waals surface area (Å²) in [6.45, 7) is 5.27. The second-order valence-corrected chi connectivity index (χ2v) is 6.08. The van der Waals surface area contributed by atoms with Crippen LogP contribution in [0.5, 0.6) is 0 Å². The van der Waals surface area contributed by atoms with Crippen molar-refractivity contribution in [1.82, 2.24) is 10.2 Å². The van der Waals surface area contributed by atoms with Gasteiger partial charge in [-0.15, -0.1) is 11.3 Å². The Morgan fingerprint density at radius 2 is 1.95 bits per heavy atom. The van der Waals surface area contributed by atoms with Gasteiger partial charge in [0.05, 0.1) is 0 Å². The minimum atomic E-state index is 0.441. The van der Waals surface area contributed by atoms with Gasteiger partial charge in [-0.2, -0.15) is 0 Å². The van der Waals surface area contributed by atoms with Gasteiger partial charge in [0.2, 0.25) is 0 Å². The first-order valence-electron chi connectivity index (χ1n) is 7.29. The van der Waals surface area contributed by atoms with E-state index in [-0.39, 0.29) is 0 Å². The molecule has 0 radical (unpaired) electrons. The number of thiophene rings is 1. The molecule has 2 nitrogen and oxygen atoms in total. The average Bonchev–Trinajstić information content (AvgIpc) is 3.00. The highest BCUT2D eigenvalue weighted by Gasteiger charge is 2.16. The molecule has 20 heavy (non-hydrogen) atoms. The average molecular weight is 288 g/mol. The van der Waals surface area contributed by atoms with Gasteiger partial charge in [0.15, 0.2) is 0 Å². The molecule has 1 aromatic carbocycles. The van der Waals surface area contributed by atoms with E-state index in [0.717, 1.165) is 26.1 Å². The Kier molecular flexibility index (Phi) is 6.25.